The molecule has 0 radical (unpaired) electrons. The average molecular weight is 409 g/mol. The Bertz CT molecular complexity index is 879. The summed E-state index contributed by atoms with van der Waals surface area (Å²) in [6.45, 7) is 14.4. The highest BCUT2D eigenvalue weighted by Gasteiger charge is 2.30. The molecule has 30 heavy (non-hydrogen) atoms. The number of benzene rings is 2. The van der Waals surface area contributed by atoms with Gasteiger partial charge in [0.25, 0.3) is 0 Å². The molecule has 0 unspecified atom stereocenters. The average Bonchev–Trinajstić information content (AvgIpc) is 2.64. The van der Waals surface area contributed by atoms with E-state index in [1.165, 1.54) is 16.7 Å². The number of amides is 2. The maximum absolute atomic E-state index is 13.4. The summed E-state index contributed by atoms with van der Waals surface area (Å²) in [7, 11) is 0. The molecule has 0 bridgehead atoms. The van der Waals surface area contributed by atoms with E-state index < -0.39 is 6.04 Å². The highest BCUT2D eigenvalue weighted by molar-refractivity contribution is 5.88. The molecule has 0 saturated heterocycles. The highest BCUT2D eigenvalue weighted by atomic mass is 16.2. The Morgan fingerprint density at radius 3 is 2.07 bits per heavy atom. The van der Waals surface area contributed by atoms with E-state index in [1.54, 1.807) is 4.90 Å². The van der Waals surface area contributed by atoms with Crippen molar-refractivity contribution in [3.63, 3.8) is 0 Å². The third-order valence-electron chi connectivity index (χ3n) is 5.28. The van der Waals surface area contributed by atoms with Crippen LogP contribution in [0.5, 0.6) is 0 Å². The molecule has 2 aromatic rings. The molecule has 2 amide bonds. The van der Waals surface area contributed by atoms with Gasteiger partial charge in [0.1, 0.15) is 6.04 Å². The second kappa shape index (κ2) is 9.92. The van der Waals surface area contributed by atoms with E-state index in [0.29, 0.717) is 13.0 Å². The van der Waals surface area contributed by atoms with Crippen LogP contribution < -0.4 is 5.32 Å². The molecule has 0 spiro atoms. The number of hydrogen-bond donors (Lipinski definition) is 1. The van der Waals surface area contributed by atoms with Crippen LogP contribution in [0.3, 0.4) is 0 Å². The molecular weight excluding hydrogens is 372 g/mol. The Hall–Kier alpha value is -2.62. The zero-order chi connectivity index (χ0) is 22.5. The van der Waals surface area contributed by atoms with Gasteiger partial charge in [-0.2, -0.15) is 0 Å². The van der Waals surface area contributed by atoms with Crippen LogP contribution in [0.15, 0.2) is 42.5 Å². The van der Waals surface area contributed by atoms with Gasteiger partial charge in [-0.3, -0.25) is 9.59 Å². The molecule has 4 heteroatoms. The number of nitrogens with one attached hydrogen (secondary N) is 1. The Morgan fingerprint density at radius 2 is 1.53 bits per heavy atom. The van der Waals surface area contributed by atoms with Crippen LogP contribution in [0.4, 0.5) is 0 Å². The molecule has 2 aromatic carbocycles. The van der Waals surface area contributed by atoms with Crippen LogP contribution in [0.25, 0.3) is 0 Å². The first kappa shape index (κ1) is 23.7. The van der Waals surface area contributed by atoms with E-state index in [9.17, 15) is 9.59 Å². The van der Waals surface area contributed by atoms with Crippen LogP contribution >= 0.6 is 0 Å². The topological polar surface area (TPSA) is 49.4 Å². The summed E-state index contributed by atoms with van der Waals surface area (Å²) in [6.07, 6.45) is 0.846. The lowest BCUT2D eigenvalue weighted by Gasteiger charge is -2.33. The second-order valence-corrected chi connectivity index (χ2v) is 9.27. The van der Waals surface area contributed by atoms with Gasteiger partial charge in [-0.05, 0) is 70.2 Å². The molecule has 0 fully saturated rings. The lowest BCUT2D eigenvalue weighted by molar-refractivity contribution is -0.141. The molecule has 0 aliphatic heterocycles. The quantitative estimate of drug-likeness (QED) is 0.710. The van der Waals surface area contributed by atoms with Crippen LogP contribution in [0.2, 0.25) is 0 Å². The molecule has 1 atom stereocenters. The first-order valence-corrected chi connectivity index (χ1v) is 10.7. The number of rotatable bonds is 7. The van der Waals surface area contributed by atoms with Crippen molar-refractivity contribution in [2.24, 2.45) is 0 Å². The molecule has 0 aliphatic carbocycles. The number of nitrogens with zero attached hydrogens (tertiary/aromatic N) is 1. The van der Waals surface area contributed by atoms with Crippen molar-refractivity contribution in [3.8, 4) is 0 Å². The zero-order valence-electron chi connectivity index (χ0n) is 19.5. The Labute approximate surface area is 181 Å². The van der Waals surface area contributed by atoms with E-state index in [2.05, 4.69) is 25.2 Å². The third-order valence-corrected chi connectivity index (χ3v) is 5.28. The molecule has 1 N–H and O–H groups in total. The minimum absolute atomic E-state index is 0.0327. The Balaban J connectivity index is 2.32. The molecule has 0 saturated carbocycles. The summed E-state index contributed by atoms with van der Waals surface area (Å²) < 4.78 is 0. The Kier molecular flexibility index (Phi) is 7.83. The van der Waals surface area contributed by atoms with E-state index in [-0.39, 0.29) is 23.8 Å². The van der Waals surface area contributed by atoms with Gasteiger partial charge in [-0.25, -0.2) is 0 Å². The first-order valence-electron chi connectivity index (χ1n) is 10.7. The molecule has 0 aromatic heterocycles. The molecular formula is C26H36N2O2. The monoisotopic (exact) mass is 408 g/mol. The molecule has 0 heterocycles. The minimum atomic E-state index is -0.510. The fourth-order valence-electron chi connectivity index (χ4n) is 3.45. The predicted octanol–water partition coefficient (Wildman–Crippen LogP) is 4.88. The molecule has 0 aliphatic rings. The third kappa shape index (κ3) is 6.72. The minimum Gasteiger partial charge on any atom is -0.350 e. The lowest BCUT2D eigenvalue weighted by Crippen LogP contribution is -2.53. The standard InChI is InChI=1S/C26H36N2O2/c1-8-23(25(30)27-26(5,6)7)28(17-21-12-9-18(2)10-13-21)24(29)16-22-14-11-19(3)20(4)15-22/h9-15,23H,8,16-17H2,1-7H3,(H,27,30)/t23-/m0/s1. The van der Waals surface area contributed by atoms with E-state index >= 15 is 0 Å². The van der Waals surface area contributed by atoms with Crippen molar-refractivity contribution >= 4 is 11.8 Å². The fraction of sp³-hybridized carbons (Fsp3) is 0.462. The summed E-state index contributed by atoms with van der Waals surface area (Å²) in [6, 6.07) is 13.7. The van der Waals surface area contributed by atoms with Crippen molar-refractivity contribution in [1.82, 2.24) is 10.2 Å². The summed E-state index contributed by atoms with van der Waals surface area (Å²) >= 11 is 0. The summed E-state index contributed by atoms with van der Waals surface area (Å²) in [5.41, 5.74) is 5.20. The number of carbonyl (C=O) groups is 2. The van der Waals surface area contributed by atoms with Crippen LogP contribution in [-0.4, -0.2) is 28.3 Å². The van der Waals surface area contributed by atoms with Crippen LogP contribution in [-0.2, 0) is 22.6 Å². The van der Waals surface area contributed by atoms with E-state index in [4.69, 9.17) is 0 Å². The molecule has 162 valence electrons. The van der Waals surface area contributed by atoms with Crippen molar-refractivity contribution in [3.05, 3.63) is 70.3 Å². The normalized spacial score (nSPS) is 12.4. The maximum atomic E-state index is 13.4. The number of carbonyl (C=O) groups excluding carboxylic acids is 2. The fourth-order valence-corrected chi connectivity index (χ4v) is 3.45. The van der Waals surface area contributed by atoms with Gasteiger partial charge in [0.05, 0.1) is 6.42 Å². The smallest absolute Gasteiger partial charge is 0.243 e. The zero-order valence-corrected chi connectivity index (χ0v) is 19.5. The predicted molar refractivity (Wildman–Crippen MR) is 123 cm³/mol. The second-order valence-electron chi connectivity index (χ2n) is 9.27. The van der Waals surface area contributed by atoms with E-state index in [1.807, 2.05) is 71.0 Å². The van der Waals surface area contributed by atoms with Gasteiger partial charge in [0.2, 0.25) is 11.8 Å². The molecule has 4 nitrogen and oxygen atoms in total. The lowest BCUT2D eigenvalue weighted by atomic mass is 10.0. The highest BCUT2D eigenvalue weighted by Crippen LogP contribution is 2.17. The Morgan fingerprint density at radius 1 is 0.933 bits per heavy atom. The van der Waals surface area contributed by atoms with Crippen molar-refractivity contribution in [2.75, 3.05) is 0 Å². The van der Waals surface area contributed by atoms with Gasteiger partial charge in [-0.15, -0.1) is 0 Å². The van der Waals surface area contributed by atoms with Gasteiger partial charge in [0.15, 0.2) is 0 Å². The van der Waals surface area contributed by atoms with Crippen molar-refractivity contribution < 1.29 is 9.59 Å². The maximum Gasteiger partial charge on any atom is 0.243 e. The van der Waals surface area contributed by atoms with Gasteiger partial charge < -0.3 is 10.2 Å². The van der Waals surface area contributed by atoms with Crippen LogP contribution in [0, 0.1) is 20.8 Å². The molecule has 2 rings (SSSR count). The van der Waals surface area contributed by atoms with Crippen LogP contribution in [0.1, 0.15) is 61.9 Å². The van der Waals surface area contributed by atoms with Gasteiger partial charge in [-0.1, -0.05) is 55.0 Å². The number of hydrogen-bond acceptors (Lipinski definition) is 2. The largest absolute Gasteiger partial charge is 0.350 e. The SMILES string of the molecule is CC[C@@H](C(=O)NC(C)(C)C)N(Cc1ccc(C)cc1)C(=O)Cc1ccc(C)c(C)c1. The first-order chi connectivity index (χ1) is 14.0. The van der Waals surface area contributed by atoms with Crippen molar-refractivity contribution in [2.45, 2.75) is 79.4 Å². The van der Waals surface area contributed by atoms with Crippen molar-refractivity contribution in [1.29, 1.82) is 0 Å². The summed E-state index contributed by atoms with van der Waals surface area (Å²) in [5.74, 6) is -0.139. The van der Waals surface area contributed by atoms with Gasteiger partial charge >= 0.3 is 0 Å². The van der Waals surface area contributed by atoms with Gasteiger partial charge in [0, 0.05) is 12.1 Å². The van der Waals surface area contributed by atoms with E-state index in [0.717, 1.165) is 11.1 Å². The summed E-state index contributed by atoms with van der Waals surface area (Å²) in [4.78, 5) is 28.2. The number of aryl methyl sites for hydroxylation is 3. The summed E-state index contributed by atoms with van der Waals surface area (Å²) in [5, 5.41) is 3.05.